The number of aliphatic hydroxyl groups excluding tert-OH is 1. The first-order valence-corrected chi connectivity index (χ1v) is 13.8. The van der Waals surface area contributed by atoms with Crippen molar-refractivity contribution in [3.8, 4) is 0 Å². The quantitative estimate of drug-likeness (QED) is 0.481. The summed E-state index contributed by atoms with van der Waals surface area (Å²) in [6.45, 7) is 6.51. The zero-order chi connectivity index (χ0) is 27.8. The number of allylic oxidation sites excluding steroid dienone is 4. The van der Waals surface area contributed by atoms with Crippen LogP contribution in [-0.2, 0) is 19.1 Å². The van der Waals surface area contributed by atoms with Crippen LogP contribution in [0.2, 0.25) is 0 Å². The fraction of sp³-hybridized carbons (Fsp3) is 0.759. The first-order chi connectivity index (χ1) is 17.7. The van der Waals surface area contributed by atoms with Gasteiger partial charge >= 0.3 is 12.1 Å². The molecule has 5 aliphatic rings. The molecule has 0 spiro atoms. The largest absolute Gasteiger partial charge is 0.509 e. The average Bonchev–Trinajstić information content (AvgIpc) is 3.45. The molecule has 4 saturated carbocycles. The molecule has 0 heterocycles. The third kappa shape index (κ3) is 3.42. The van der Waals surface area contributed by atoms with Crippen LogP contribution in [0, 0.1) is 34.5 Å². The zero-order valence-electron chi connectivity index (χ0n) is 22.4. The predicted octanol–water partition coefficient (Wildman–Crippen LogP) is 5.11. The molecule has 2 unspecified atom stereocenters. The van der Waals surface area contributed by atoms with E-state index in [0.717, 1.165) is 31.8 Å². The van der Waals surface area contributed by atoms with Crippen molar-refractivity contribution in [3.05, 3.63) is 23.8 Å². The summed E-state index contributed by atoms with van der Waals surface area (Å²) >= 11 is 0. The molecule has 5 aliphatic carbocycles. The van der Waals surface area contributed by atoms with Crippen molar-refractivity contribution in [2.24, 2.45) is 34.5 Å². The highest BCUT2D eigenvalue weighted by Gasteiger charge is 2.78. The number of carboxylic acids is 1. The minimum atomic E-state index is -2.34. The molecule has 0 aromatic rings. The van der Waals surface area contributed by atoms with Gasteiger partial charge in [0, 0.05) is 22.7 Å². The fourth-order valence-electron chi connectivity index (χ4n) is 9.07. The van der Waals surface area contributed by atoms with Crippen LogP contribution < -0.4 is 0 Å². The second kappa shape index (κ2) is 8.86. The van der Waals surface area contributed by atoms with Crippen LogP contribution in [0.15, 0.2) is 23.8 Å². The van der Waals surface area contributed by atoms with E-state index < -0.39 is 76.1 Å². The van der Waals surface area contributed by atoms with Crippen molar-refractivity contribution in [2.75, 3.05) is 0 Å². The van der Waals surface area contributed by atoms with Crippen LogP contribution in [0.5, 0.6) is 0 Å². The molecule has 0 radical (unpaired) electrons. The Hall–Kier alpha value is -2.29. The molecular weight excluding hydrogens is 498 g/mol. The Morgan fingerprint density at radius 1 is 1.16 bits per heavy atom. The van der Waals surface area contributed by atoms with Gasteiger partial charge in [-0.15, -0.1) is 0 Å². The summed E-state index contributed by atoms with van der Waals surface area (Å²) in [5, 5.41) is 22.0. The molecule has 0 saturated heterocycles. The molecule has 5 rings (SSSR count). The zero-order valence-corrected chi connectivity index (χ0v) is 22.4. The molecule has 0 aromatic heterocycles. The lowest BCUT2D eigenvalue weighted by atomic mass is 9.44. The number of hydrogen-bond donors (Lipinski definition) is 2. The van der Waals surface area contributed by atoms with Crippen LogP contribution in [0.25, 0.3) is 0 Å². The summed E-state index contributed by atoms with van der Waals surface area (Å²) in [6, 6.07) is 0. The van der Waals surface area contributed by atoms with Crippen LogP contribution in [-0.4, -0.2) is 57.8 Å². The number of halogens is 2. The van der Waals surface area contributed by atoms with Crippen LogP contribution in [0.1, 0.15) is 72.6 Å². The lowest BCUT2D eigenvalue weighted by molar-refractivity contribution is -0.232. The van der Waals surface area contributed by atoms with Gasteiger partial charge in [0.1, 0.15) is 12.3 Å². The number of fused-ring (bicyclic) bond motifs is 5. The van der Waals surface area contributed by atoms with Gasteiger partial charge in [0.15, 0.2) is 11.5 Å². The highest BCUT2D eigenvalue weighted by Crippen LogP contribution is 2.71. The van der Waals surface area contributed by atoms with Crippen LogP contribution >= 0.6 is 0 Å². The number of carboxylic acid groups (broad SMARTS) is 1. The number of carbonyl (C=O) groups excluding carboxylic acids is 2. The smallest absolute Gasteiger partial charge is 0.478 e. The second-order valence-corrected chi connectivity index (χ2v) is 12.8. The first kappa shape index (κ1) is 27.3. The van der Waals surface area contributed by atoms with E-state index in [1.54, 1.807) is 20.8 Å². The monoisotopic (exact) mass is 536 g/mol. The molecule has 0 amide bonds. The summed E-state index contributed by atoms with van der Waals surface area (Å²) in [5.74, 6) is -4.16. The van der Waals surface area contributed by atoms with E-state index in [0.29, 0.717) is 0 Å². The first-order valence-electron chi connectivity index (χ1n) is 13.8. The minimum Gasteiger partial charge on any atom is -0.478 e. The number of aliphatic carboxylic acids is 1. The average molecular weight is 537 g/mol. The van der Waals surface area contributed by atoms with Crippen molar-refractivity contribution in [3.63, 3.8) is 0 Å². The molecule has 38 heavy (non-hydrogen) atoms. The number of rotatable bonds is 4. The molecule has 10 atom stereocenters. The van der Waals surface area contributed by atoms with Crippen molar-refractivity contribution in [2.45, 2.75) is 102 Å². The predicted molar refractivity (Wildman–Crippen MR) is 133 cm³/mol. The molecule has 9 heteroatoms. The van der Waals surface area contributed by atoms with E-state index in [1.165, 1.54) is 19.1 Å². The number of carbonyl (C=O) groups is 3. The number of aliphatic hydroxyl groups is 1. The van der Waals surface area contributed by atoms with E-state index >= 15 is 8.78 Å². The van der Waals surface area contributed by atoms with Crippen molar-refractivity contribution < 1.29 is 42.9 Å². The number of ether oxygens (including phenoxy) is 2. The third-order valence-electron chi connectivity index (χ3n) is 11.1. The Labute approximate surface area is 221 Å². The van der Waals surface area contributed by atoms with E-state index in [2.05, 4.69) is 0 Å². The molecule has 0 aliphatic heterocycles. The molecule has 210 valence electrons. The molecule has 2 N–H and O–H groups in total. The molecular formula is C29H38F2O7. The van der Waals surface area contributed by atoms with E-state index in [-0.39, 0.29) is 30.8 Å². The van der Waals surface area contributed by atoms with Gasteiger partial charge in [-0.05, 0) is 75.5 Å². The van der Waals surface area contributed by atoms with Gasteiger partial charge < -0.3 is 19.7 Å². The maximum absolute atomic E-state index is 17.3. The summed E-state index contributed by atoms with van der Waals surface area (Å²) < 4.78 is 44.2. The van der Waals surface area contributed by atoms with Gasteiger partial charge in [0.2, 0.25) is 5.60 Å². The van der Waals surface area contributed by atoms with Gasteiger partial charge in [0.05, 0.1) is 6.10 Å². The SMILES string of the molecule is CC(OC(=O)OC1(C(=O)O)[C@H](C)C[C@H]2[C@@H]3C[C@H](F)C4=CC(=O)C=C[C@]4(C)[C@@]3(F)[C@@H](O)C[C@@]21C)C1CCCC1. The topological polar surface area (TPSA) is 110 Å². The molecule has 0 bridgehead atoms. The van der Waals surface area contributed by atoms with Gasteiger partial charge in [0.25, 0.3) is 0 Å². The van der Waals surface area contributed by atoms with Gasteiger partial charge in [-0.3, -0.25) is 4.79 Å². The lowest BCUT2D eigenvalue weighted by Crippen LogP contribution is -2.71. The summed E-state index contributed by atoms with van der Waals surface area (Å²) in [6.07, 6.45) is 2.28. The van der Waals surface area contributed by atoms with Crippen molar-refractivity contribution >= 4 is 17.9 Å². The number of alkyl halides is 2. The van der Waals surface area contributed by atoms with Gasteiger partial charge in [-0.2, -0.15) is 0 Å². The highest BCUT2D eigenvalue weighted by atomic mass is 19.1. The van der Waals surface area contributed by atoms with E-state index in [9.17, 15) is 24.6 Å². The Morgan fingerprint density at radius 3 is 2.45 bits per heavy atom. The second-order valence-electron chi connectivity index (χ2n) is 12.8. The highest BCUT2D eigenvalue weighted by molar-refractivity contribution is 6.01. The molecule has 7 nitrogen and oxygen atoms in total. The van der Waals surface area contributed by atoms with Crippen molar-refractivity contribution in [1.82, 2.24) is 0 Å². The minimum absolute atomic E-state index is 0.00248. The Kier molecular flexibility index (Phi) is 6.36. The van der Waals surface area contributed by atoms with Crippen molar-refractivity contribution in [1.29, 1.82) is 0 Å². The molecule has 0 aromatic carbocycles. The number of ketones is 1. The standard InChI is InChI=1S/C29H38F2O7/c1-15-11-19-20-13-22(30)21-12-18(32)9-10-26(21,3)28(20,31)23(33)14-27(19,4)29(15,24(34)35)38-25(36)37-16(2)17-7-5-6-8-17/h9-10,12,15-17,19-20,22-23,33H,5-8,11,13-14H2,1-4H3,(H,34,35)/t15-,16?,19+,20+,22+,23+,26+,27+,28+,29?/m1/s1. The summed E-state index contributed by atoms with van der Waals surface area (Å²) in [4.78, 5) is 38.0. The Bertz CT molecular complexity index is 1100. The van der Waals surface area contributed by atoms with Crippen LogP contribution in [0.4, 0.5) is 13.6 Å². The Morgan fingerprint density at radius 2 is 1.82 bits per heavy atom. The van der Waals surface area contributed by atoms with E-state index in [4.69, 9.17) is 9.47 Å². The van der Waals surface area contributed by atoms with Gasteiger partial charge in [-0.1, -0.05) is 32.8 Å². The van der Waals surface area contributed by atoms with Gasteiger partial charge in [-0.25, -0.2) is 18.4 Å². The summed E-state index contributed by atoms with van der Waals surface area (Å²) in [5.41, 5.74) is -7.39. The lowest BCUT2D eigenvalue weighted by Gasteiger charge is -2.62. The maximum atomic E-state index is 17.3. The fourth-order valence-corrected chi connectivity index (χ4v) is 9.07. The summed E-state index contributed by atoms with van der Waals surface area (Å²) in [7, 11) is 0. The molecule has 4 fully saturated rings. The van der Waals surface area contributed by atoms with E-state index in [1.807, 2.05) is 0 Å². The number of hydrogen-bond acceptors (Lipinski definition) is 6. The normalized spacial score (nSPS) is 47.0. The van der Waals surface area contributed by atoms with Crippen LogP contribution in [0.3, 0.4) is 0 Å². The third-order valence-corrected chi connectivity index (χ3v) is 11.1. The Balaban J connectivity index is 1.51. The maximum Gasteiger partial charge on any atom is 0.509 e.